The van der Waals surface area contributed by atoms with Gasteiger partial charge in [0, 0.05) is 0 Å². The van der Waals surface area contributed by atoms with Crippen molar-refractivity contribution >= 4 is 5.78 Å². The normalized spacial score (nSPS) is 14.6. The van der Waals surface area contributed by atoms with Crippen LogP contribution < -0.4 is 0 Å². The van der Waals surface area contributed by atoms with Crippen LogP contribution in [-0.2, 0) is 4.79 Å². The van der Waals surface area contributed by atoms with Gasteiger partial charge in [-0.15, -0.1) is 0 Å². The first-order chi connectivity index (χ1) is 7.70. The standard InChI is InChI=1S/C9H12N6O/c1-7(14-5-10-3-12-14)9(16)8(2)15-6-11-4-13-15/h3-8H,1-2H3. The SMILES string of the molecule is CC(C(=O)C(C)n1cncn1)n1cncn1. The van der Waals surface area contributed by atoms with E-state index in [1.54, 1.807) is 13.8 Å². The van der Waals surface area contributed by atoms with Crippen molar-refractivity contribution < 1.29 is 4.79 Å². The highest BCUT2D eigenvalue weighted by molar-refractivity contribution is 5.85. The summed E-state index contributed by atoms with van der Waals surface area (Å²) in [4.78, 5) is 19.7. The van der Waals surface area contributed by atoms with E-state index in [0.717, 1.165) is 0 Å². The second-order valence-electron chi connectivity index (χ2n) is 3.51. The van der Waals surface area contributed by atoms with Gasteiger partial charge in [0.25, 0.3) is 0 Å². The van der Waals surface area contributed by atoms with Crippen LogP contribution >= 0.6 is 0 Å². The van der Waals surface area contributed by atoms with Crippen LogP contribution in [0.4, 0.5) is 0 Å². The molecule has 0 saturated carbocycles. The zero-order chi connectivity index (χ0) is 11.5. The van der Waals surface area contributed by atoms with E-state index < -0.39 is 0 Å². The van der Waals surface area contributed by atoms with Gasteiger partial charge < -0.3 is 0 Å². The molecule has 7 nitrogen and oxygen atoms in total. The van der Waals surface area contributed by atoms with Crippen molar-refractivity contribution in [2.75, 3.05) is 0 Å². The molecule has 0 fully saturated rings. The fraction of sp³-hybridized carbons (Fsp3) is 0.444. The molecule has 0 bridgehead atoms. The topological polar surface area (TPSA) is 78.5 Å². The quantitative estimate of drug-likeness (QED) is 0.738. The van der Waals surface area contributed by atoms with Gasteiger partial charge in [0.1, 0.15) is 37.4 Å². The largest absolute Gasteiger partial charge is 0.295 e. The minimum atomic E-state index is -0.360. The molecule has 2 aromatic rings. The number of aromatic nitrogens is 6. The minimum Gasteiger partial charge on any atom is -0.295 e. The molecule has 0 N–H and O–H groups in total. The molecule has 0 aliphatic carbocycles. The zero-order valence-electron chi connectivity index (χ0n) is 9.06. The van der Waals surface area contributed by atoms with Gasteiger partial charge in [0.15, 0.2) is 5.78 Å². The molecule has 7 heteroatoms. The minimum absolute atomic E-state index is 0.0102. The van der Waals surface area contributed by atoms with Crippen molar-refractivity contribution in [3.8, 4) is 0 Å². The van der Waals surface area contributed by atoms with Crippen LogP contribution in [0.3, 0.4) is 0 Å². The van der Waals surface area contributed by atoms with Gasteiger partial charge in [-0.3, -0.25) is 4.79 Å². The predicted molar refractivity (Wildman–Crippen MR) is 54.5 cm³/mol. The lowest BCUT2D eigenvalue weighted by molar-refractivity contribution is -0.125. The van der Waals surface area contributed by atoms with Crippen molar-refractivity contribution in [2.24, 2.45) is 0 Å². The molecule has 2 unspecified atom stereocenters. The highest BCUT2D eigenvalue weighted by Crippen LogP contribution is 2.14. The fourth-order valence-electron chi connectivity index (χ4n) is 1.44. The van der Waals surface area contributed by atoms with Gasteiger partial charge in [-0.1, -0.05) is 0 Å². The third kappa shape index (κ3) is 1.83. The Morgan fingerprint density at radius 1 is 1.00 bits per heavy atom. The third-order valence-electron chi connectivity index (χ3n) is 2.49. The number of rotatable bonds is 4. The number of hydrogen-bond donors (Lipinski definition) is 0. The number of nitrogens with zero attached hydrogens (tertiary/aromatic N) is 6. The molecule has 0 aromatic carbocycles. The van der Waals surface area contributed by atoms with Gasteiger partial charge in [-0.05, 0) is 13.8 Å². The van der Waals surface area contributed by atoms with Crippen LogP contribution in [0.1, 0.15) is 25.9 Å². The van der Waals surface area contributed by atoms with E-state index in [1.165, 1.54) is 34.7 Å². The average Bonchev–Trinajstić information content (AvgIpc) is 2.97. The second kappa shape index (κ2) is 4.21. The van der Waals surface area contributed by atoms with E-state index in [2.05, 4.69) is 20.2 Å². The van der Waals surface area contributed by atoms with E-state index in [0.29, 0.717) is 0 Å². The van der Waals surface area contributed by atoms with E-state index >= 15 is 0 Å². The molecule has 0 aliphatic rings. The second-order valence-corrected chi connectivity index (χ2v) is 3.51. The lowest BCUT2D eigenvalue weighted by Crippen LogP contribution is -2.25. The maximum absolute atomic E-state index is 12.1. The van der Waals surface area contributed by atoms with Gasteiger partial charge in [-0.2, -0.15) is 10.2 Å². The number of carbonyl (C=O) groups excluding carboxylic acids is 1. The van der Waals surface area contributed by atoms with Gasteiger partial charge in [0.05, 0.1) is 0 Å². The molecule has 2 heterocycles. The van der Waals surface area contributed by atoms with Gasteiger partial charge in [-0.25, -0.2) is 19.3 Å². The number of hydrogen-bond acceptors (Lipinski definition) is 5. The van der Waals surface area contributed by atoms with E-state index in [-0.39, 0.29) is 17.9 Å². The van der Waals surface area contributed by atoms with Crippen molar-refractivity contribution in [3.63, 3.8) is 0 Å². The van der Waals surface area contributed by atoms with Crippen LogP contribution in [0.25, 0.3) is 0 Å². The Hall–Kier alpha value is -2.05. The van der Waals surface area contributed by atoms with Crippen LogP contribution in [-0.4, -0.2) is 35.3 Å². The molecule has 0 saturated heterocycles. The third-order valence-corrected chi connectivity index (χ3v) is 2.49. The van der Waals surface area contributed by atoms with Crippen LogP contribution in [0.2, 0.25) is 0 Å². The van der Waals surface area contributed by atoms with Crippen molar-refractivity contribution in [1.29, 1.82) is 0 Å². The lowest BCUT2D eigenvalue weighted by atomic mass is 10.1. The smallest absolute Gasteiger partial charge is 0.181 e. The summed E-state index contributed by atoms with van der Waals surface area (Å²) in [7, 11) is 0. The summed E-state index contributed by atoms with van der Waals surface area (Å²) < 4.78 is 3.05. The van der Waals surface area contributed by atoms with Crippen molar-refractivity contribution in [3.05, 3.63) is 25.3 Å². The highest BCUT2D eigenvalue weighted by Gasteiger charge is 2.23. The maximum atomic E-state index is 12.1. The van der Waals surface area contributed by atoms with E-state index in [4.69, 9.17) is 0 Å². The fourth-order valence-corrected chi connectivity index (χ4v) is 1.44. The summed E-state index contributed by atoms with van der Waals surface area (Å²) in [5.41, 5.74) is 0. The molecule has 84 valence electrons. The summed E-state index contributed by atoms with van der Waals surface area (Å²) in [6.07, 6.45) is 5.86. The molecule has 0 radical (unpaired) electrons. The lowest BCUT2D eigenvalue weighted by Gasteiger charge is -2.15. The van der Waals surface area contributed by atoms with E-state index in [9.17, 15) is 4.79 Å². The Bertz CT molecular complexity index is 406. The number of ketones is 1. The summed E-state index contributed by atoms with van der Waals surface area (Å²) in [6, 6.07) is -0.719. The molecular weight excluding hydrogens is 208 g/mol. The Morgan fingerprint density at radius 2 is 1.44 bits per heavy atom. The van der Waals surface area contributed by atoms with E-state index in [1.807, 2.05) is 0 Å². The van der Waals surface area contributed by atoms with Crippen molar-refractivity contribution in [2.45, 2.75) is 25.9 Å². The molecule has 2 rings (SSSR count). The Kier molecular flexibility index (Phi) is 2.76. The summed E-state index contributed by atoms with van der Waals surface area (Å²) >= 11 is 0. The molecule has 0 spiro atoms. The monoisotopic (exact) mass is 220 g/mol. The summed E-state index contributed by atoms with van der Waals surface area (Å²) in [6.45, 7) is 3.56. The maximum Gasteiger partial charge on any atom is 0.181 e. The van der Waals surface area contributed by atoms with Crippen LogP contribution in [0.15, 0.2) is 25.3 Å². The van der Waals surface area contributed by atoms with Crippen molar-refractivity contribution in [1.82, 2.24) is 29.5 Å². The molecule has 2 aromatic heterocycles. The molecule has 2 atom stereocenters. The molecule has 0 aliphatic heterocycles. The van der Waals surface area contributed by atoms with Crippen LogP contribution in [0, 0.1) is 0 Å². The van der Waals surface area contributed by atoms with Gasteiger partial charge >= 0.3 is 0 Å². The summed E-state index contributed by atoms with van der Waals surface area (Å²) in [5, 5.41) is 7.88. The number of carbonyl (C=O) groups is 1. The molecule has 16 heavy (non-hydrogen) atoms. The molecular formula is C9H12N6O. The Labute approximate surface area is 92.1 Å². The first-order valence-corrected chi connectivity index (χ1v) is 4.92. The first-order valence-electron chi connectivity index (χ1n) is 4.92. The Balaban J connectivity index is 2.14. The first kappa shape index (κ1) is 10.5. The summed E-state index contributed by atoms with van der Waals surface area (Å²) in [5.74, 6) is 0.0102. The highest BCUT2D eigenvalue weighted by atomic mass is 16.1. The van der Waals surface area contributed by atoms with Crippen LogP contribution in [0.5, 0.6) is 0 Å². The Morgan fingerprint density at radius 3 is 1.75 bits per heavy atom. The average molecular weight is 220 g/mol. The zero-order valence-corrected chi connectivity index (χ0v) is 9.06. The molecule has 0 amide bonds. The van der Waals surface area contributed by atoms with Gasteiger partial charge in [0.2, 0.25) is 0 Å². The number of Topliss-reactive ketones (excluding diaryl/α,β-unsaturated/α-hetero) is 1. The predicted octanol–water partition coefficient (Wildman–Crippen LogP) is 0.261.